The van der Waals surface area contributed by atoms with Crippen molar-refractivity contribution < 1.29 is 23.6 Å². The summed E-state index contributed by atoms with van der Waals surface area (Å²) < 4.78 is 9.89. The number of aromatic nitrogens is 1. The first-order chi connectivity index (χ1) is 15.4. The van der Waals surface area contributed by atoms with Crippen LogP contribution in [0, 0.1) is 5.92 Å². The molecule has 1 atom stereocenters. The van der Waals surface area contributed by atoms with Crippen LogP contribution in [0.5, 0.6) is 0 Å². The molecular formula is C23H30N4O5. The van der Waals surface area contributed by atoms with Crippen molar-refractivity contribution in [2.75, 3.05) is 12.4 Å². The van der Waals surface area contributed by atoms with Crippen LogP contribution in [0.4, 0.5) is 10.5 Å². The van der Waals surface area contributed by atoms with Gasteiger partial charge in [0.1, 0.15) is 11.7 Å². The van der Waals surface area contributed by atoms with E-state index in [2.05, 4.69) is 21.1 Å². The summed E-state index contributed by atoms with van der Waals surface area (Å²) >= 11 is 0. The summed E-state index contributed by atoms with van der Waals surface area (Å²) in [5.74, 6) is -1.23. The Hall–Kier alpha value is -3.36. The molecule has 0 bridgehead atoms. The van der Waals surface area contributed by atoms with E-state index >= 15 is 0 Å². The van der Waals surface area contributed by atoms with Gasteiger partial charge in [-0.25, -0.2) is 9.59 Å². The molecule has 1 aliphatic rings. The fourth-order valence-electron chi connectivity index (χ4n) is 3.68. The van der Waals surface area contributed by atoms with Gasteiger partial charge in [0.2, 0.25) is 5.76 Å². The monoisotopic (exact) mass is 442 g/mol. The van der Waals surface area contributed by atoms with Gasteiger partial charge in [0.05, 0.1) is 7.11 Å². The van der Waals surface area contributed by atoms with Crippen molar-refractivity contribution in [2.24, 2.45) is 5.92 Å². The SMILES string of the molecule is COC(=O)C(NC(=O)c1cc(-c2ccc(NC(=O)NC3CCCCC3)cc2)no1)C(C)C. The summed E-state index contributed by atoms with van der Waals surface area (Å²) in [5.41, 5.74) is 1.84. The lowest BCUT2D eigenvalue weighted by Gasteiger charge is -2.22. The van der Waals surface area contributed by atoms with E-state index in [1.165, 1.54) is 19.6 Å². The van der Waals surface area contributed by atoms with Crippen molar-refractivity contribution in [3.63, 3.8) is 0 Å². The number of nitrogens with zero attached hydrogens (tertiary/aromatic N) is 1. The third kappa shape index (κ3) is 6.09. The Morgan fingerprint density at radius 3 is 2.41 bits per heavy atom. The highest BCUT2D eigenvalue weighted by molar-refractivity contribution is 5.95. The third-order valence-electron chi connectivity index (χ3n) is 5.52. The second-order valence-corrected chi connectivity index (χ2v) is 8.31. The number of amides is 3. The van der Waals surface area contributed by atoms with Crippen molar-refractivity contribution in [2.45, 2.75) is 58.0 Å². The summed E-state index contributed by atoms with van der Waals surface area (Å²) in [4.78, 5) is 36.5. The Balaban J connectivity index is 1.59. The summed E-state index contributed by atoms with van der Waals surface area (Å²) in [6, 6.07) is 7.82. The number of nitrogens with one attached hydrogen (secondary N) is 3. The maximum atomic E-state index is 12.5. The molecule has 3 rings (SSSR count). The zero-order valence-corrected chi connectivity index (χ0v) is 18.6. The van der Waals surface area contributed by atoms with Crippen LogP contribution in [0.25, 0.3) is 11.3 Å². The first-order valence-electron chi connectivity index (χ1n) is 10.9. The highest BCUT2D eigenvalue weighted by Crippen LogP contribution is 2.22. The number of carbonyl (C=O) groups excluding carboxylic acids is 3. The lowest BCUT2D eigenvalue weighted by Crippen LogP contribution is -2.44. The van der Waals surface area contributed by atoms with Gasteiger partial charge in [0.25, 0.3) is 5.91 Å². The lowest BCUT2D eigenvalue weighted by atomic mass is 9.96. The number of esters is 1. The summed E-state index contributed by atoms with van der Waals surface area (Å²) in [6.07, 6.45) is 5.57. The van der Waals surface area contributed by atoms with Gasteiger partial charge in [0, 0.05) is 23.4 Å². The Kier molecular flexibility index (Phi) is 7.86. The van der Waals surface area contributed by atoms with Crippen LogP contribution in [0.15, 0.2) is 34.9 Å². The number of hydrogen-bond donors (Lipinski definition) is 3. The van der Waals surface area contributed by atoms with Crippen LogP contribution >= 0.6 is 0 Å². The molecule has 1 heterocycles. The molecule has 1 saturated carbocycles. The van der Waals surface area contributed by atoms with Crippen LogP contribution < -0.4 is 16.0 Å². The Morgan fingerprint density at radius 1 is 1.09 bits per heavy atom. The maximum absolute atomic E-state index is 12.5. The Morgan fingerprint density at radius 2 is 1.78 bits per heavy atom. The minimum absolute atomic E-state index is 0.0105. The van der Waals surface area contributed by atoms with E-state index in [-0.39, 0.29) is 23.8 Å². The second kappa shape index (κ2) is 10.8. The van der Waals surface area contributed by atoms with Gasteiger partial charge in [-0.15, -0.1) is 0 Å². The van der Waals surface area contributed by atoms with Gasteiger partial charge >= 0.3 is 12.0 Å². The Labute approximate surface area is 187 Å². The molecule has 3 N–H and O–H groups in total. The number of anilines is 1. The number of urea groups is 1. The highest BCUT2D eigenvalue weighted by atomic mass is 16.5. The smallest absolute Gasteiger partial charge is 0.328 e. The van der Waals surface area contributed by atoms with Crippen LogP contribution in [-0.2, 0) is 9.53 Å². The van der Waals surface area contributed by atoms with Gasteiger partial charge < -0.3 is 25.2 Å². The molecule has 9 heteroatoms. The summed E-state index contributed by atoms with van der Waals surface area (Å²) in [7, 11) is 1.27. The summed E-state index contributed by atoms with van der Waals surface area (Å²) in [5, 5.41) is 12.4. The van der Waals surface area contributed by atoms with Crippen LogP contribution in [0.1, 0.15) is 56.5 Å². The van der Waals surface area contributed by atoms with Crippen LogP contribution in [0.3, 0.4) is 0 Å². The van der Waals surface area contributed by atoms with Crippen LogP contribution in [-0.4, -0.2) is 42.3 Å². The molecule has 1 unspecified atom stereocenters. The number of carbonyl (C=O) groups is 3. The van der Waals surface area contributed by atoms with E-state index in [1.807, 2.05) is 0 Å². The standard InChI is InChI=1S/C23H30N4O5/c1-14(2)20(22(29)31-3)26-21(28)19-13-18(27-32-19)15-9-11-17(12-10-15)25-23(30)24-16-7-5-4-6-8-16/h9-14,16,20H,4-8H2,1-3H3,(H,26,28)(H2,24,25,30). The first-order valence-corrected chi connectivity index (χ1v) is 10.9. The van der Waals surface area contributed by atoms with E-state index in [4.69, 9.17) is 9.26 Å². The van der Waals surface area contributed by atoms with Crippen LogP contribution in [0.2, 0.25) is 0 Å². The zero-order valence-electron chi connectivity index (χ0n) is 18.6. The molecule has 1 fully saturated rings. The molecule has 0 radical (unpaired) electrons. The van der Waals surface area contributed by atoms with E-state index in [1.54, 1.807) is 38.1 Å². The number of benzene rings is 1. The largest absolute Gasteiger partial charge is 0.467 e. The van der Waals surface area contributed by atoms with Gasteiger partial charge in [-0.05, 0) is 30.9 Å². The minimum atomic E-state index is -0.786. The number of hydrogen-bond acceptors (Lipinski definition) is 6. The molecule has 0 saturated heterocycles. The van der Waals surface area contributed by atoms with E-state index < -0.39 is 17.9 Å². The molecule has 0 spiro atoms. The normalized spacial score (nSPS) is 15.1. The zero-order chi connectivity index (χ0) is 23.1. The molecule has 2 aromatic rings. The minimum Gasteiger partial charge on any atom is -0.467 e. The van der Waals surface area contributed by atoms with Crippen molar-refractivity contribution in [3.8, 4) is 11.3 Å². The van der Waals surface area contributed by atoms with Gasteiger partial charge in [0.15, 0.2) is 0 Å². The molecule has 172 valence electrons. The molecule has 32 heavy (non-hydrogen) atoms. The molecule has 9 nitrogen and oxygen atoms in total. The van der Waals surface area contributed by atoms with Crippen molar-refractivity contribution in [1.82, 2.24) is 15.8 Å². The van der Waals surface area contributed by atoms with Gasteiger partial charge in [-0.3, -0.25) is 4.79 Å². The molecule has 0 aliphatic heterocycles. The predicted octanol–water partition coefficient (Wildman–Crippen LogP) is 3.72. The Bertz CT molecular complexity index is 932. The van der Waals surface area contributed by atoms with E-state index in [9.17, 15) is 14.4 Å². The fraction of sp³-hybridized carbons (Fsp3) is 0.478. The molecule has 1 aromatic heterocycles. The molecule has 3 amide bonds. The van der Waals surface area contributed by atoms with Gasteiger partial charge in [-0.1, -0.05) is 50.4 Å². The lowest BCUT2D eigenvalue weighted by molar-refractivity contribution is -0.144. The van der Waals surface area contributed by atoms with Crippen molar-refractivity contribution in [3.05, 3.63) is 36.1 Å². The molecule has 1 aliphatic carbocycles. The van der Waals surface area contributed by atoms with E-state index in [0.717, 1.165) is 31.2 Å². The molecule has 1 aromatic carbocycles. The van der Waals surface area contributed by atoms with Crippen molar-refractivity contribution >= 4 is 23.6 Å². The average Bonchev–Trinajstić information content (AvgIpc) is 3.28. The first kappa shape index (κ1) is 23.3. The predicted molar refractivity (Wildman–Crippen MR) is 119 cm³/mol. The van der Waals surface area contributed by atoms with Gasteiger partial charge in [-0.2, -0.15) is 0 Å². The number of rotatable bonds is 7. The fourth-order valence-corrected chi connectivity index (χ4v) is 3.68. The quantitative estimate of drug-likeness (QED) is 0.562. The molecular weight excluding hydrogens is 412 g/mol. The average molecular weight is 443 g/mol. The summed E-state index contributed by atoms with van der Waals surface area (Å²) in [6.45, 7) is 3.61. The van der Waals surface area contributed by atoms with E-state index in [0.29, 0.717) is 11.4 Å². The number of methoxy groups -OCH3 is 1. The number of ether oxygens (including phenoxy) is 1. The maximum Gasteiger partial charge on any atom is 0.328 e. The third-order valence-corrected chi connectivity index (χ3v) is 5.52. The second-order valence-electron chi connectivity index (χ2n) is 8.31. The van der Waals surface area contributed by atoms with Crippen molar-refractivity contribution in [1.29, 1.82) is 0 Å². The highest BCUT2D eigenvalue weighted by Gasteiger charge is 2.27. The topological polar surface area (TPSA) is 123 Å².